The van der Waals surface area contributed by atoms with Crippen LogP contribution in [0.1, 0.15) is 22.3 Å². The van der Waals surface area contributed by atoms with Crippen LogP contribution in [0.3, 0.4) is 0 Å². The zero-order chi connectivity index (χ0) is 18.1. The molecule has 0 aromatic heterocycles. The highest BCUT2D eigenvalue weighted by Gasteiger charge is 2.16. The molecule has 0 bridgehead atoms. The van der Waals surface area contributed by atoms with E-state index < -0.39 is 0 Å². The molecule has 1 saturated heterocycles. The third-order valence-electron chi connectivity index (χ3n) is 3.95. The van der Waals surface area contributed by atoms with E-state index in [1.807, 2.05) is 49.0 Å². The largest absolute Gasteiger partial charge is 0.352 e. The number of carbonyl (C=O) groups is 2. The van der Waals surface area contributed by atoms with E-state index in [-0.39, 0.29) is 42.7 Å². The van der Waals surface area contributed by atoms with Crippen molar-refractivity contribution < 1.29 is 9.59 Å². The van der Waals surface area contributed by atoms with Crippen molar-refractivity contribution in [1.82, 2.24) is 20.9 Å². The molecule has 6 nitrogen and oxygen atoms in total. The molecule has 1 atom stereocenters. The maximum absolute atomic E-state index is 12.2. The molecule has 0 saturated carbocycles. The fourth-order valence-electron chi connectivity index (χ4n) is 2.57. The fraction of sp³-hybridized carbons (Fsp3) is 0.556. The summed E-state index contributed by atoms with van der Waals surface area (Å²) in [5.41, 5.74) is 1.55. The van der Waals surface area contributed by atoms with Crippen LogP contribution in [0, 0.1) is 0 Å². The molecule has 0 spiro atoms. The van der Waals surface area contributed by atoms with Crippen molar-refractivity contribution in [2.75, 3.05) is 45.2 Å². The van der Waals surface area contributed by atoms with Crippen LogP contribution in [0.15, 0.2) is 24.3 Å². The minimum Gasteiger partial charge on any atom is -0.352 e. The van der Waals surface area contributed by atoms with Gasteiger partial charge in [0.15, 0.2) is 0 Å². The first-order chi connectivity index (χ1) is 12.0. The van der Waals surface area contributed by atoms with Crippen LogP contribution in [-0.4, -0.2) is 68.0 Å². The minimum atomic E-state index is -0.0848. The quantitative estimate of drug-likeness (QED) is 0.576. The first-order valence-corrected chi connectivity index (χ1v) is 9.80. The summed E-state index contributed by atoms with van der Waals surface area (Å²) < 4.78 is 0. The molecule has 9 heteroatoms. The summed E-state index contributed by atoms with van der Waals surface area (Å²) >= 11 is 1.88. The van der Waals surface area contributed by atoms with Crippen LogP contribution in [0.25, 0.3) is 0 Å². The van der Waals surface area contributed by atoms with E-state index in [4.69, 9.17) is 0 Å². The van der Waals surface area contributed by atoms with Crippen LogP contribution >= 0.6 is 36.6 Å². The van der Waals surface area contributed by atoms with Crippen molar-refractivity contribution in [3.63, 3.8) is 0 Å². The molecular formula is C18H30Cl2N4O2S. The highest BCUT2D eigenvalue weighted by molar-refractivity contribution is 7.99. The van der Waals surface area contributed by atoms with E-state index in [1.165, 1.54) is 0 Å². The Morgan fingerprint density at radius 1 is 1.26 bits per heavy atom. The van der Waals surface area contributed by atoms with Gasteiger partial charge in [-0.2, -0.15) is 11.8 Å². The number of benzene rings is 1. The molecule has 1 unspecified atom stereocenters. The van der Waals surface area contributed by atoms with E-state index in [9.17, 15) is 9.59 Å². The fourth-order valence-corrected chi connectivity index (χ4v) is 3.51. The van der Waals surface area contributed by atoms with Gasteiger partial charge >= 0.3 is 0 Å². The summed E-state index contributed by atoms with van der Waals surface area (Å²) in [5.74, 6) is 2.05. The lowest BCUT2D eigenvalue weighted by molar-refractivity contribution is -0.121. The molecule has 2 amide bonds. The lowest BCUT2D eigenvalue weighted by Gasteiger charge is -2.22. The first-order valence-electron chi connectivity index (χ1n) is 8.64. The molecule has 1 aliphatic rings. The maximum Gasteiger partial charge on any atom is 0.251 e. The second-order valence-electron chi connectivity index (χ2n) is 6.47. The number of hydrogen-bond acceptors (Lipinski definition) is 5. The van der Waals surface area contributed by atoms with E-state index in [2.05, 4.69) is 16.0 Å². The van der Waals surface area contributed by atoms with Gasteiger partial charge < -0.3 is 20.9 Å². The number of likely N-dealkylation sites (N-methyl/N-ethyl adjacent to an activating group) is 1. The van der Waals surface area contributed by atoms with Crippen molar-refractivity contribution in [2.24, 2.45) is 0 Å². The van der Waals surface area contributed by atoms with Gasteiger partial charge in [-0.15, -0.1) is 24.8 Å². The Bertz CT molecular complexity index is 584. The van der Waals surface area contributed by atoms with E-state index >= 15 is 0 Å². The van der Waals surface area contributed by atoms with Gasteiger partial charge in [0, 0.05) is 55.7 Å². The molecule has 1 heterocycles. The van der Waals surface area contributed by atoms with Crippen molar-refractivity contribution in [2.45, 2.75) is 19.0 Å². The molecule has 0 radical (unpaired) electrons. The molecule has 1 aliphatic heterocycles. The van der Waals surface area contributed by atoms with Gasteiger partial charge in [-0.1, -0.05) is 12.1 Å². The Morgan fingerprint density at radius 2 is 2.04 bits per heavy atom. The van der Waals surface area contributed by atoms with E-state index in [1.54, 1.807) is 6.07 Å². The average Bonchev–Trinajstić information content (AvgIpc) is 2.61. The zero-order valence-electron chi connectivity index (χ0n) is 15.8. The monoisotopic (exact) mass is 436 g/mol. The third kappa shape index (κ3) is 10.2. The lowest BCUT2D eigenvalue weighted by atomic mass is 10.1. The predicted octanol–water partition coefficient (Wildman–Crippen LogP) is 1.53. The van der Waals surface area contributed by atoms with Crippen molar-refractivity contribution >= 4 is 48.4 Å². The molecule has 27 heavy (non-hydrogen) atoms. The minimum absolute atomic E-state index is 0. The summed E-state index contributed by atoms with van der Waals surface area (Å²) in [6.45, 7) is 2.82. The summed E-state index contributed by atoms with van der Waals surface area (Å²) in [6.07, 6.45) is 0.498. The Morgan fingerprint density at radius 3 is 2.70 bits per heavy atom. The predicted molar refractivity (Wildman–Crippen MR) is 117 cm³/mol. The number of nitrogens with one attached hydrogen (secondary N) is 3. The standard InChI is InChI=1S/C18H28N4O2S.2ClH/c1-22(2)8-6-20-18(24)15-5-3-4-14(10-15)12-21-17(23)11-16-13-25-9-7-19-16;;/h3-5,10,16,19H,6-9,11-13H2,1-2H3,(H,20,24)(H,21,23);2*1H. The smallest absolute Gasteiger partial charge is 0.251 e. The van der Waals surface area contributed by atoms with Crippen LogP contribution in [0.2, 0.25) is 0 Å². The normalized spacial score (nSPS) is 16.0. The van der Waals surface area contributed by atoms with Gasteiger partial charge in [0.2, 0.25) is 5.91 Å². The van der Waals surface area contributed by atoms with E-state index in [0.29, 0.717) is 25.1 Å². The van der Waals surface area contributed by atoms with Gasteiger partial charge in [0.1, 0.15) is 0 Å². The lowest BCUT2D eigenvalue weighted by Crippen LogP contribution is -2.41. The second-order valence-corrected chi connectivity index (χ2v) is 7.62. The topological polar surface area (TPSA) is 73.5 Å². The van der Waals surface area contributed by atoms with Crippen LogP contribution in [0.4, 0.5) is 0 Å². The van der Waals surface area contributed by atoms with Crippen LogP contribution < -0.4 is 16.0 Å². The molecule has 0 aliphatic carbocycles. The van der Waals surface area contributed by atoms with Crippen LogP contribution in [-0.2, 0) is 11.3 Å². The Balaban J connectivity index is 0.00000338. The zero-order valence-corrected chi connectivity index (χ0v) is 18.3. The van der Waals surface area contributed by atoms with Crippen molar-refractivity contribution in [3.8, 4) is 0 Å². The number of nitrogens with zero attached hydrogens (tertiary/aromatic N) is 1. The molecule has 3 N–H and O–H groups in total. The number of amides is 2. The van der Waals surface area contributed by atoms with Gasteiger partial charge in [-0.3, -0.25) is 9.59 Å². The Kier molecular flexibility index (Phi) is 13.6. The highest BCUT2D eigenvalue weighted by Crippen LogP contribution is 2.10. The van der Waals surface area contributed by atoms with Gasteiger partial charge in [0.25, 0.3) is 5.91 Å². The van der Waals surface area contributed by atoms with Crippen molar-refractivity contribution in [3.05, 3.63) is 35.4 Å². The summed E-state index contributed by atoms with van der Waals surface area (Å²) in [4.78, 5) is 26.2. The van der Waals surface area contributed by atoms with Gasteiger partial charge in [0.05, 0.1) is 0 Å². The molecule has 2 rings (SSSR count). The molecular weight excluding hydrogens is 407 g/mol. The third-order valence-corrected chi connectivity index (χ3v) is 5.08. The SMILES string of the molecule is CN(C)CCNC(=O)c1cccc(CNC(=O)CC2CSCCN2)c1.Cl.Cl. The maximum atomic E-state index is 12.2. The van der Waals surface area contributed by atoms with Crippen LogP contribution in [0.5, 0.6) is 0 Å². The summed E-state index contributed by atoms with van der Waals surface area (Å²) in [7, 11) is 3.94. The van der Waals surface area contributed by atoms with Crippen molar-refractivity contribution in [1.29, 1.82) is 0 Å². The number of halogens is 2. The number of rotatable bonds is 8. The average molecular weight is 437 g/mol. The molecule has 1 aromatic carbocycles. The summed E-state index contributed by atoms with van der Waals surface area (Å²) in [5, 5.41) is 9.20. The van der Waals surface area contributed by atoms with E-state index in [0.717, 1.165) is 30.2 Å². The molecule has 1 fully saturated rings. The van der Waals surface area contributed by atoms with Gasteiger partial charge in [-0.05, 0) is 31.8 Å². The summed E-state index contributed by atoms with van der Waals surface area (Å²) in [6, 6.07) is 7.65. The second kappa shape index (κ2) is 14.1. The number of carbonyl (C=O) groups excluding carboxylic acids is 2. The Labute approximate surface area is 178 Å². The van der Waals surface area contributed by atoms with Gasteiger partial charge in [-0.25, -0.2) is 0 Å². The molecule has 154 valence electrons. The molecule has 1 aromatic rings. The number of thioether (sulfide) groups is 1. The Hall–Kier alpha value is -0.990. The first kappa shape index (κ1) is 26.0. The highest BCUT2D eigenvalue weighted by atomic mass is 35.5. The number of hydrogen-bond donors (Lipinski definition) is 3.